The molecule has 0 fully saturated rings. The minimum absolute atomic E-state index is 0.0137. The number of thiazole rings is 1. The minimum atomic E-state index is -0.712. The molecule has 3 aromatic rings. The van der Waals surface area contributed by atoms with Gasteiger partial charge in [-0.1, -0.05) is 12.1 Å². The molecule has 0 aliphatic heterocycles. The molecule has 0 unspecified atom stereocenters. The molecule has 6 heteroatoms. The number of aromatic hydroxyl groups is 1. The number of carbonyl (C=O) groups is 1. The minimum Gasteiger partial charge on any atom is -0.505 e. The first-order valence-electron chi connectivity index (χ1n) is 6.23. The molecule has 0 saturated heterocycles. The number of halogens is 1. The Morgan fingerprint density at radius 1 is 1.33 bits per heavy atom. The fraction of sp³-hybridized carbons (Fsp3) is 0.0667. The van der Waals surface area contributed by atoms with Gasteiger partial charge in [-0.2, -0.15) is 0 Å². The van der Waals surface area contributed by atoms with E-state index < -0.39 is 11.6 Å². The number of benzene rings is 2. The third-order valence-corrected chi connectivity index (χ3v) is 3.88. The third-order valence-electron chi connectivity index (χ3n) is 3.09. The molecule has 21 heavy (non-hydrogen) atoms. The molecular formula is C15H11FN2O2S. The summed E-state index contributed by atoms with van der Waals surface area (Å²) < 4.78 is 14.5. The second kappa shape index (κ2) is 5.49. The van der Waals surface area contributed by atoms with Crippen molar-refractivity contribution >= 4 is 27.5 Å². The Labute approximate surface area is 123 Å². The van der Waals surface area contributed by atoms with E-state index in [-0.39, 0.29) is 18.0 Å². The second-order valence-corrected chi connectivity index (χ2v) is 5.35. The van der Waals surface area contributed by atoms with E-state index in [2.05, 4.69) is 10.3 Å². The van der Waals surface area contributed by atoms with Gasteiger partial charge >= 0.3 is 0 Å². The van der Waals surface area contributed by atoms with Crippen molar-refractivity contribution < 1.29 is 14.3 Å². The summed E-state index contributed by atoms with van der Waals surface area (Å²) in [5.74, 6) is -1.43. The van der Waals surface area contributed by atoms with Crippen LogP contribution in [0.4, 0.5) is 4.39 Å². The Kier molecular flexibility index (Phi) is 3.53. The smallest absolute Gasteiger partial charge is 0.251 e. The van der Waals surface area contributed by atoms with Crippen molar-refractivity contribution in [2.75, 3.05) is 0 Å². The van der Waals surface area contributed by atoms with E-state index >= 15 is 0 Å². The fourth-order valence-electron chi connectivity index (χ4n) is 1.98. The maximum Gasteiger partial charge on any atom is 0.251 e. The van der Waals surface area contributed by atoms with Gasteiger partial charge < -0.3 is 10.4 Å². The van der Waals surface area contributed by atoms with E-state index in [0.717, 1.165) is 10.2 Å². The number of hydrogen-bond acceptors (Lipinski definition) is 4. The number of nitrogens with one attached hydrogen (secondary N) is 1. The summed E-state index contributed by atoms with van der Waals surface area (Å²) in [6.07, 6.45) is 0. The number of nitrogens with zero attached hydrogens (tertiary/aromatic N) is 1. The van der Waals surface area contributed by atoms with Gasteiger partial charge in [0.2, 0.25) is 0 Å². The summed E-state index contributed by atoms with van der Waals surface area (Å²) in [7, 11) is 0. The Morgan fingerprint density at radius 2 is 2.19 bits per heavy atom. The van der Waals surface area contributed by atoms with Gasteiger partial charge in [-0.05, 0) is 24.3 Å². The highest BCUT2D eigenvalue weighted by molar-refractivity contribution is 7.16. The lowest BCUT2D eigenvalue weighted by molar-refractivity contribution is 0.0950. The Bertz CT molecular complexity index is 816. The topological polar surface area (TPSA) is 62.2 Å². The van der Waals surface area contributed by atoms with Gasteiger partial charge in [0.15, 0.2) is 11.6 Å². The molecule has 106 valence electrons. The van der Waals surface area contributed by atoms with Gasteiger partial charge in [0, 0.05) is 17.7 Å². The average Bonchev–Trinajstić information content (AvgIpc) is 2.96. The van der Waals surface area contributed by atoms with E-state index in [1.165, 1.54) is 29.5 Å². The van der Waals surface area contributed by atoms with Crippen molar-refractivity contribution in [2.45, 2.75) is 6.54 Å². The molecule has 1 heterocycles. The van der Waals surface area contributed by atoms with Crippen LogP contribution in [0.3, 0.4) is 0 Å². The maximum atomic E-state index is 13.6. The first-order chi connectivity index (χ1) is 10.1. The molecular weight excluding hydrogens is 291 g/mol. The third kappa shape index (κ3) is 2.71. The molecule has 1 amide bonds. The van der Waals surface area contributed by atoms with Crippen molar-refractivity contribution in [3.63, 3.8) is 0 Å². The first kappa shape index (κ1) is 13.5. The van der Waals surface area contributed by atoms with E-state index in [1.54, 1.807) is 23.7 Å². The molecule has 0 bridgehead atoms. The van der Waals surface area contributed by atoms with E-state index in [4.69, 9.17) is 0 Å². The Morgan fingerprint density at radius 3 is 3.05 bits per heavy atom. The maximum absolute atomic E-state index is 13.6. The van der Waals surface area contributed by atoms with Crippen LogP contribution in [0.5, 0.6) is 5.75 Å². The second-order valence-electron chi connectivity index (χ2n) is 4.47. The molecule has 0 radical (unpaired) electrons. The Hall–Kier alpha value is -2.47. The molecule has 2 aromatic carbocycles. The quantitative estimate of drug-likeness (QED) is 0.781. The highest BCUT2D eigenvalue weighted by Crippen LogP contribution is 2.20. The number of rotatable bonds is 3. The number of phenols is 1. The van der Waals surface area contributed by atoms with Crippen molar-refractivity contribution in [3.8, 4) is 5.75 Å². The zero-order chi connectivity index (χ0) is 14.8. The van der Waals surface area contributed by atoms with Gasteiger partial charge in [0.1, 0.15) is 0 Å². The van der Waals surface area contributed by atoms with Crippen molar-refractivity contribution in [3.05, 3.63) is 58.9 Å². The normalized spacial score (nSPS) is 10.7. The number of amides is 1. The van der Waals surface area contributed by atoms with Crippen LogP contribution in [-0.2, 0) is 6.54 Å². The summed E-state index contributed by atoms with van der Waals surface area (Å²) in [6, 6.07) is 9.51. The first-order valence-corrected chi connectivity index (χ1v) is 7.11. The summed E-state index contributed by atoms with van der Waals surface area (Å²) in [6.45, 7) is 0.0137. The zero-order valence-corrected chi connectivity index (χ0v) is 11.7. The number of carbonyl (C=O) groups excluding carboxylic acids is 1. The summed E-state index contributed by atoms with van der Waals surface area (Å²) in [5, 5.41) is 11.9. The lowest BCUT2D eigenvalue weighted by atomic mass is 10.1. The lowest BCUT2D eigenvalue weighted by Gasteiger charge is -2.07. The monoisotopic (exact) mass is 302 g/mol. The largest absolute Gasteiger partial charge is 0.505 e. The lowest BCUT2D eigenvalue weighted by Crippen LogP contribution is -2.23. The van der Waals surface area contributed by atoms with Gasteiger partial charge in [0.25, 0.3) is 5.91 Å². The van der Waals surface area contributed by atoms with Crippen molar-refractivity contribution in [1.82, 2.24) is 10.3 Å². The van der Waals surface area contributed by atoms with Gasteiger partial charge in [-0.25, -0.2) is 9.37 Å². The zero-order valence-electron chi connectivity index (χ0n) is 10.8. The predicted molar refractivity (Wildman–Crippen MR) is 78.9 cm³/mol. The van der Waals surface area contributed by atoms with Crippen LogP contribution >= 0.6 is 11.3 Å². The van der Waals surface area contributed by atoms with E-state index in [9.17, 15) is 14.3 Å². The molecule has 0 saturated carbocycles. The number of phenolic OH excluding ortho intramolecular Hbond substituents is 1. The number of aromatic nitrogens is 1. The fourth-order valence-corrected chi connectivity index (χ4v) is 2.69. The van der Waals surface area contributed by atoms with Gasteiger partial charge in [-0.3, -0.25) is 4.79 Å². The summed E-state index contributed by atoms with van der Waals surface area (Å²) in [5.41, 5.74) is 3.29. The van der Waals surface area contributed by atoms with Crippen LogP contribution < -0.4 is 5.32 Å². The van der Waals surface area contributed by atoms with Crippen LogP contribution in [-0.4, -0.2) is 16.0 Å². The summed E-state index contributed by atoms with van der Waals surface area (Å²) >= 11 is 1.45. The molecule has 0 atom stereocenters. The predicted octanol–water partition coefficient (Wildman–Crippen LogP) is 3.07. The molecule has 2 N–H and O–H groups in total. The average molecular weight is 302 g/mol. The highest BCUT2D eigenvalue weighted by atomic mass is 32.1. The molecule has 0 aliphatic rings. The number of hydrogen-bond donors (Lipinski definition) is 2. The molecule has 0 spiro atoms. The van der Waals surface area contributed by atoms with E-state index in [0.29, 0.717) is 5.56 Å². The van der Waals surface area contributed by atoms with Crippen LogP contribution in [0.2, 0.25) is 0 Å². The molecule has 1 aromatic heterocycles. The van der Waals surface area contributed by atoms with Crippen LogP contribution in [0, 0.1) is 5.82 Å². The molecule has 3 rings (SSSR count). The van der Waals surface area contributed by atoms with E-state index in [1.807, 2.05) is 0 Å². The molecule has 4 nitrogen and oxygen atoms in total. The molecule has 0 aliphatic carbocycles. The number of fused-ring (bicyclic) bond motifs is 1. The van der Waals surface area contributed by atoms with Crippen LogP contribution in [0.1, 0.15) is 15.9 Å². The SMILES string of the molecule is O=C(NCc1cccc(O)c1F)c1ccc2ncsc2c1. The standard InChI is InChI=1S/C15H11FN2O2S/c16-14-10(2-1-3-12(14)19)7-17-15(20)9-4-5-11-13(6-9)21-8-18-11/h1-6,8,19H,7H2,(H,17,20). The summed E-state index contributed by atoms with van der Waals surface area (Å²) in [4.78, 5) is 16.2. The van der Waals surface area contributed by atoms with Gasteiger partial charge in [-0.15, -0.1) is 11.3 Å². The van der Waals surface area contributed by atoms with Crippen molar-refractivity contribution in [1.29, 1.82) is 0 Å². The Balaban J connectivity index is 1.75. The van der Waals surface area contributed by atoms with Crippen LogP contribution in [0.25, 0.3) is 10.2 Å². The highest BCUT2D eigenvalue weighted by Gasteiger charge is 2.10. The van der Waals surface area contributed by atoms with Crippen LogP contribution in [0.15, 0.2) is 41.9 Å². The van der Waals surface area contributed by atoms with Crippen molar-refractivity contribution in [2.24, 2.45) is 0 Å². The van der Waals surface area contributed by atoms with Gasteiger partial charge in [0.05, 0.1) is 15.7 Å².